The third-order valence-electron chi connectivity index (χ3n) is 9.72. The number of fused-ring (bicyclic) bond motifs is 2. The lowest BCUT2D eigenvalue weighted by Gasteiger charge is -2.41. The van der Waals surface area contributed by atoms with Gasteiger partial charge in [0.15, 0.2) is 8.32 Å². The summed E-state index contributed by atoms with van der Waals surface area (Å²) in [5, 5.41) is 3.09. The Morgan fingerprint density at radius 1 is 0.870 bits per heavy atom. The number of hydrogen-bond donors (Lipinski definition) is 1. The Balaban J connectivity index is 2.78. The molecule has 0 saturated carbocycles. The van der Waals surface area contributed by atoms with E-state index < -0.39 is 8.32 Å². The summed E-state index contributed by atoms with van der Waals surface area (Å²) in [6.07, 6.45) is 7.87. The molecule has 1 amide bonds. The van der Waals surface area contributed by atoms with E-state index in [0.29, 0.717) is 29.2 Å². The number of methoxy groups -OCH3 is 5. The molecule has 1 aromatic rings. The highest BCUT2D eigenvalue weighted by Crippen LogP contribution is 2.43. The Morgan fingerprint density at radius 2 is 1.52 bits per heavy atom. The summed E-state index contributed by atoms with van der Waals surface area (Å²) in [6.45, 7) is 21.8. The number of amides is 1. The summed E-state index contributed by atoms with van der Waals surface area (Å²) < 4.78 is 37.0. The lowest BCUT2D eigenvalue weighted by molar-refractivity contribution is -0.112. The number of ether oxygens (including phenoxy) is 5. The van der Waals surface area contributed by atoms with E-state index in [2.05, 4.69) is 79.0 Å². The van der Waals surface area contributed by atoms with Gasteiger partial charge in [-0.3, -0.25) is 4.79 Å². The van der Waals surface area contributed by atoms with E-state index >= 15 is 0 Å². The van der Waals surface area contributed by atoms with Crippen LogP contribution in [0.5, 0.6) is 11.5 Å². The fourth-order valence-corrected chi connectivity index (χ4v) is 7.37. The van der Waals surface area contributed by atoms with Crippen molar-refractivity contribution < 1.29 is 32.9 Å². The highest BCUT2D eigenvalue weighted by atomic mass is 28.4. The molecule has 0 saturated heterocycles. The normalized spacial score (nSPS) is 30.4. The minimum absolute atomic E-state index is 0.0166. The van der Waals surface area contributed by atoms with Crippen LogP contribution >= 0.6 is 0 Å². The van der Waals surface area contributed by atoms with Crippen molar-refractivity contribution in [3.63, 3.8) is 0 Å². The summed E-state index contributed by atoms with van der Waals surface area (Å²) in [4.78, 5) is 13.4. The van der Waals surface area contributed by atoms with E-state index in [9.17, 15) is 4.79 Å². The molecule has 0 unspecified atom stereocenters. The van der Waals surface area contributed by atoms with Crippen LogP contribution in [0.3, 0.4) is 0 Å². The van der Waals surface area contributed by atoms with Crippen LogP contribution in [0.1, 0.15) is 73.5 Å². The minimum Gasteiger partial charge on any atom is -0.497 e. The van der Waals surface area contributed by atoms with E-state index in [4.69, 9.17) is 28.1 Å². The van der Waals surface area contributed by atoms with Gasteiger partial charge >= 0.3 is 0 Å². The maximum atomic E-state index is 13.4. The van der Waals surface area contributed by atoms with Gasteiger partial charge in [0, 0.05) is 50.4 Å². The zero-order chi connectivity index (χ0) is 35.0. The second kappa shape index (κ2) is 17.1. The van der Waals surface area contributed by atoms with Gasteiger partial charge in [0.25, 0.3) is 5.91 Å². The third kappa shape index (κ3) is 9.80. The topological polar surface area (TPSA) is 84.5 Å². The molecule has 8 nitrogen and oxygen atoms in total. The number of rotatable bonds is 7. The van der Waals surface area contributed by atoms with Crippen LogP contribution < -0.4 is 14.8 Å². The minimum atomic E-state index is -2.12. The molecular formula is C37H61NO7Si. The van der Waals surface area contributed by atoms with Gasteiger partial charge in [0.05, 0.1) is 44.3 Å². The Kier molecular flexibility index (Phi) is 14.8. The predicted molar refractivity (Wildman–Crippen MR) is 190 cm³/mol. The zero-order valence-electron chi connectivity index (χ0n) is 31.1. The molecule has 260 valence electrons. The maximum Gasteiger partial charge on any atom is 0.251 e. The van der Waals surface area contributed by atoms with Crippen LogP contribution in [-0.4, -0.2) is 68.1 Å². The summed E-state index contributed by atoms with van der Waals surface area (Å²) in [5.41, 5.74) is 2.99. The summed E-state index contributed by atoms with van der Waals surface area (Å²) >= 11 is 0. The monoisotopic (exact) mass is 659 g/mol. The smallest absolute Gasteiger partial charge is 0.251 e. The number of allylic oxidation sites excluding steroid dienone is 2. The van der Waals surface area contributed by atoms with Crippen LogP contribution in [0, 0.1) is 17.8 Å². The van der Waals surface area contributed by atoms with E-state index in [1.54, 1.807) is 48.5 Å². The zero-order valence-corrected chi connectivity index (χ0v) is 32.1. The fraction of sp³-hybridized carbons (Fsp3) is 0.649. The van der Waals surface area contributed by atoms with Gasteiger partial charge in [0.2, 0.25) is 0 Å². The Labute approximate surface area is 280 Å². The molecule has 0 radical (unpaired) electrons. The Morgan fingerprint density at radius 3 is 2.04 bits per heavy atom. The van der Waals surface area contributed by atoms with Crippen molar-refractivity contribution >= 4 is 19.9 Å². The third-order valence-corrected chi connectivity index (χ3v) is 14.2. The van der Waals surface area contributed by atoms with Crippen molar-refractivity contribution in [2.24, 2.45) is 17.8 Å². The van der Waals surface area contributed by atoms with Gasteiger partial charge < -0.3 is 33.4 Å². The van der Waals surface area contributed by atoms with Gasteiger partial charge in [-0.1, -0.05) is 65.8 Å². The molecule has 1 aromatic carbocycles. The first kappa shape index (κ1) is 39.7. The molecule has 2 rings (SSSR count). The van der Waals surface area contributed by atoms with Gasteiger partial charge in [-0.15, -0.1) is 0 Å². The maximum absolute atomic E-state index is 13.4. The average Bonchev–Trinajstić information content (AvgIpc) is 2.98. The van der Waals surface area contributed by atoms with Gasteiger partial charge in [-0.2, -0.15) is 0 Å². The average molecular weight is 660 g/mol. The van der Waals surface area contributed by atoms with Crippen molar-refractivity contribution in [3.8, 4) is 11.5 Å². The lowest BCUT2D eigenvalue weighted by Crippen LogP contribution is -2.45. The molecule has 0 spiro atoms. The van der Waals surface area contributed by atoms with E-state index in [0.717, 1.165) is 11.1 Å². The molecule has 1 heterocycles. The number of hydrogen-bond acceptors (Lipinski definition) is 7. The quantitative estimate of drug-likeness (QED) is 0.232. The second-order valence-electron chi connectivity index (χ2n) is 14.3. The van der Waals surface area contributed by atoms with Crippen molar-refractivity contribution in [1.29, 1.82) is 0 Å². The molecule has 0 fully saturated rings. The van der Waals surface area contributed by atoms with E-state index in [1.807, 2.05) is 18.2 Å². The van der Waals surface area contributed by atoms with Crippen LogP contribution in [0.25, 0.3) is 0 Å². The van der Waals surface area contributed by atoms with Crippen LogP contribution in [-0.2, 0) is 23.4 Å². The molecule has 1 aliphatic rings. The first-order chi connectivity index (χ1) is 21.5. The predicted octanol–water partition coefficient (Wildman–Crippen LogP) is 8.51. The van der Waals surface area contributed by atoms with Crippen molar-refractivity contribution in [2.75, 3.05) is 40.9 Å². The second-order valence-corrected chi connectivity index (χ2v) is 19.0. The number of carbonyl (C=O) groups is 1. The molecule has 2 bridgehead atoms. The van der Waals surface area contributed by atoms with Crippen molar-refractivity contribution in [1.82, 2.24) is 0 Å². The SMILES string of the molecule is COc1cc2c(OC)c(c1)[C@H](OC)[C@@H](C)C[C@@H](OC)[C@H](OC)[C@@H](C)/C=C(\C)[C@@H](O[Si](C)(C)C(C)(C)C)[C@@H](C)/C=C\C=C(/C)C(=O)N2. The van der Waals surface area contributed by atoms with Crippen molar-refractivity contribution in [2.45, 2.75) is 104 Å². The molecule has 0 aromatic heterocycles. The number of benzene rings is 1. The van der Waals surface area contributed by atoms with Gasteiger partial charge in [0.1, 0.15) is 11.5 Å². The molecule has 1 N–H and O–H groups in total. The molecule has 46 heavy (non-hydrogen) atoms. The molecule has 9 heteroatoms. The molecule has 1 aliphatic heterocycles. The molecule has 7 atom stereocenters. The lowest BCUT2D eigenvalue weighted by atomic mass is 9.86. The summed E-state index contributed by atoms with van der Waals surface area (Å²) in [7, 11) is 6.23. The highest BCUT2D eigenvalue weighted by molar-refractivity contribution is 6.74. The fourth-order valence-electron chi connectivity index (χ4n) is 5.99. The standard InChI is InChI=1S/C37H61NO7Si/c1-23-17-16-18-24(2)36(39)38-30-22-28(40-9)21-29(35(30)44-13)33(42-11)27(5)20-31(41-10)34(43-12)26(4)19-25(3)32(23)45-46(14,15)37(6,7)8/h16-19,21-23,26-27,31-34H,20H2,1-15H3,(H,38,39)/b17-16-,24-18+,25-19+/t23-,26-,27-,31+,32-,33+,34+/m0/s1. The van der Waals surface area contributed by atoms with Crippen LogP contribution in [0.15, 0.2) is 47.6 Å². The number of nitrogens with one attached hydrogen (secondary N) is 1. The number of carbonyl (C=O) groups excluding carboxylic acids is 1. The number of anilines is 1. The van der Waals surface area contributed by atoms with Gasteiger partial charge in [-0.05, 0) is 56.0 Å². The first-order valence-corrected chi connectivity index (χ1v) is 19.2. The van der Waals surface area contributed by atoms with E-state index in [1.165, 1.54) is 0 Å². The Hall–Kier alpha value is -2.43. The summed E-state index contributed by atoms with van der Waals surface area (Å²) in [6, 6.07) is 3.67. The van der Waals surface area contributed by atoms with Crippen LogP contribution in [0.4, 0.5) is 5.69 Å². The van der Waals surface area contributed by atoms with Crippen molar-refractivity contribution in [3.05, 3.63) is 53.1 Å². The van der Waals surface area contributed by atoms with Crippen LogP contribution in [0.2, 0.25) is 18.1 Å². The molecular weight excluding hydrogens is 598 g/mol. The largest absolute Gasteiger partial charge is 0.497 e. The Bertz CT molecular complexity index is 1250. The highest BCUT2D eigenvalue weighted by Gasteiger charge is 2.41. The first-order valence-electron chi connectivity index (χ1n) is 16.3. The van der Waals surface area contributed by atoms with Gasteiger partial charge in [-0.25, -0.2) is 0 Å². The van der Waals surface area contributed by atoms with E-state index in [-0.39, 0.29) is 53.1 Å². The molecule has 0 aliphatic carbocycles. The summed E-state index contributed by atoms with van der Waals surface area (Å²) in [5.74, 6) is 0.940.